The lowest BCUT2D eigenvalue weighted by molar-refractivity contribution is -0.383. The van der Waals surface area contributed by atoms with Crippen LogP contribution in [0.5, 0.6) is 0 Å². The van der Waals surface area contributed by atoms with Crippen LogP contribution in [0.2, 0.25) is 0 Å². The third-order valence-corrected chi connectivity index (χ3v) is 3.05. The van der Waals surface area contributed by atoms with Crippen molar-refractivity contribution in [2.75, 3.05) is 37.0 Å². The summed E-state index contributed by atoms with van der Waals surface area (Å²) in [6.45, 7) is 7.83. The molecule has 0 spiro atoms. The van der Waals surface area contributed by atoms with E-state index in [9.17, 15) is 10.1 Å². The van der Waals surface area contributed by atoms with E-state index in [0.717, 1.165) is 6.42 Å². The lowest BCUT2D eigenvalue weighted by Crippen LogP contribution is -2.25. The lowest BCUT2D eigenvalue weighted by atomic mass is 10.2. The monoisotopic (exact) mass is 295 g/mol. The molecule has 21 heavy (non-hydrogen) atoms. The van der Waals surface area contributed by atoms with Gasteiger partial charge < -0.3 is 15.0 Å². The number of nitrogens with one attached hydrogen (secondary N) is 1. The van der Waals surface area contributed by atoms with Crippen LogP contribution in [-0.2, 0) is 4.74 Å². The summed E-state index contributed by atoms with van der Waals surface area (Å²) in [4.78, 5) is 12.9. The summed E-state index contributed by atoms with van der Waals surface area (Å²) < 4.78 is 5.50. The number of likely N-dealkylation sites (N-methyl/N-ethyl adjacent to an activating group) is 1. The van der Waals surface area contributed by atoms with Crippen LogP contribution in [0.25, 0.3) is 0 Å². The highest BCUT2D eigenvalue weighted by Crippen LogP contribution is 2.34. The molecule has 0 amide bonds. The third-order valence-electron chi connectivity index (χ3n) is 3.05. The molecule has 0 saturated carbocycles. The Hall–Kier alpha value is -1.82. The van der Waals surface area contributed by atoms with Crippen molar-refractivity contribution in [3.8, 4) is 0 Å². The van der Waals surface area contributed by atoms with Crippen LogP contribution in [0, 0.1) is 10.1 Å². The quantitative estimate of drug-likeness (QED) is 0.559. The summed E-state index contributed by atoms with van der Waals surface area (Å²) in [7, 11) is 1.84. The molecule has 0 aliphatic rings. The summed E-state index contributed by atoms with van der Waals surface area (Å²) >= 11 is 0. The molecule has 0 unspecified atom stereocenters. The van der Waals surface area contributed by atoms with Crippen LogP contribution < -0.4 is 10.2 Å². The topological polar surface area (TPSA) is 67.6 Å². The Morgan fingerprint density at radius 3 is 2.71 bits per heavy atom. The van der Waals surface area contributed by atoms with Crippen LogP contribution in [0.4, 0.5) is 17.1 Å². The first-order valence-corrected chi connectivity index (χ1v) is 7.31. The highest BCUT2D eigenvalue weighted by atomic mass is 16.6. The fourth-order valence-corrected chi connectivity index (χ4v) is 1.98. The summed E-state index contributed by atoms with van der Waals surface area (Å²) in [5, 5.41) is 14.5. The van der Waals surface area contributed by atoms with Crippen molar-refractivity contribution in [1.29, 1.82) is 0 Å². The van der Waals surface area contributed by atoms with Gasteiger partial charge in [-0.25, -0.2) is 0 Å². The summed E-state index contributed by atoms with van der Waals surface area (Å²) in [5.74, 6) is 0. The van der Waals surface area contributed by atoms with Gasteiger partial charge >= 0.3 is 5.69 Å². The van der Waals surface area contributed by atoms with E-state index >= 15 is 0 Å². The molecule has 0 heterocycles. The molecular weight excluding hydrogens is 270 g/mol. The van der Waals surface area contributed by atoms with Crippen LogP contribution in [-0.4, -0.2) is 37.8 Å². The largest absolute Gasteiger partial charge is 0.379 e. The highest BCUT2D eigenvalue weighted by Gasteiger charge is 2.21. The molecule has 1 aromatic rings. The Labute approximate surface area is 126 Å². The van der Waals surface area contributed by atoms with Gasteiger partial charge in [0.2, 0.25) is 0 Å². The summed E-state index contributed by atoms with van der Waals surface area (Å²) in [6.07, 6.45) is 1.07. The zero-order valence-corrected chi connectivity index (χ0v) is 13.3. The average Bonchev–Trinajstić information content (AvgIpc) is 2.43. The molecule has 1 rings (SSSR count). The van der Waals surface area contributed by atoms with Gasteiger partial charge in [-0.15, -0.1) is 0 Å². The van der Waals surface area contributed by atoms with E-state index in [0.29, 0.717) is 31.1 Å². The maximum Gasteiger partial charge on any atom is 0.315 e. The summed E-state index contributed by atoms with van der Waals surface area (Å²) in [6, 6.07) is 5.35. The zero-order chi connectivity index (χ0) is 15.8. The Kier molecular flexibility index (Phi) is 6.94. The average molecular weight is 295 g/mol. The fourth-order valence-electron chi connectivity index (χ4n) is 1.98. The second kappa shape index (κ2) is 8.46. The van der Waals surface area contributed by atoms with E-state index in [4.69, 9.17) is 4.74 Å². The van der Waals surface area contributed by atoms with E-state index in [1.165, 1.54) is 0 Å². The normalized spacial score (nSPS) is 10.7. The van der Waals surface area contributed by atoms with Gasteiger partial charge in [0.1, 0.15) is 11.4 Å². The Morgan fingerprint density at radius 1 is 1.43 bits per heavy atom. The molecule has 0 aliphatic heterocycles. The molecule has 0 radical (unpaired) electrons. The minimum Gasteiger partial charge on any atom is -0.379 e. The number of benzene rings is 1. The number of para-hydroxylation sites is 1. The standard InChI is InChI=1S/C15H25N3O3/c1-5-9-16-13-7-6-8-14(15(13)18(19)20)17(4)10-11-21-12(2)3/h6-8,12,16H,5,9-11H2,1-4H3. The van der Waals surface area contributed by atoms with Crippen molar-refractivity contribution in [1.82, 2.24) is 0 Å². The van der Waals surface area contributed by atoms with Crippen LogP contribution in [0.1, 0.15) is 27.2 Å². The SMILES string of the molecule is CCCNc1cccc(N(C)CCOC(C)C)c1[N+](=O)[O-]. The van der Waals surface area contributed by atoms with Crippen molar-refractivity contribution >= 4 is 17.1 Å². The molecule has 6 nitrogen and oxygen atoms in total. The van der Waals surface area contributed by atoms with Crippen molar-refractivity contribution in [3.63, 3.8) is 0 Å². The first kappa shape index (κ1) is 17.2. The molecule has 1 aromatic carbocycles. The second-order valence-electron chi connectivity index (χ2n) is 5.20. The summed E-state index contributed by atoms with van der Waals surface area (Å²) in [5.41, 5.74) is 1.29. The maximum atomic E-state index is 11.4. The first-order valence-electron chi connectivity index (χ1n) is 7.31. The third kappa shape index (κ3) is 5.23. The maximum absolute atomic E-state index is 11.4. The van der Waals surface area contributed by atoms with E-state index in [1.54, 1.807) is 12.1 Å². The van der Waals surface area contributed by atoms with E-state index in [2.05, 4.69) is 5.32 Å². The Morgan fingerprint density at radius 2 is 2.14 bits per heavy atom. The molecule has 0 bridgehead atoms. The van der Waals surface area contributed by atoms with Crippen LogP contribution in [0.15, 0.2) is 18.2 Å². The van der Waals surface area contributed by atoms with Gasteiger partial charge in [-0.2, -0.15) is 0 Å². The fraction of sp³-hybridized carbons (Fsp3) is 0.600. The molecule has 0 aromatic heterocycles. The second-order valence-corrected chi connectivity index (χ2v) is 5.20. The Balaban J connectivity index is 2.91. The number of anilines is 2. The zero-order valence-electron chi connectivity index (χ0n) is 13.3. The number of ether oxygens (including phenoxy) is 1. The number of nitro benzene ring substituents is 1. The van der Waals surface area contributed by atoms with Crippen LogP contribution in [0.3, 0.4) is 0 Å². The van der Waals surface area contributed by atoms with Crippen molar-refractivity contribution < 1.29 is 9.66 Å². The van der Waals surface area contributed by atoms with Gasteiger partial charge in [0.15, 0.2) is 0 Å². The predicted molar refractivity (Wildman–Crippen MR) is 86.2 cm³/mol. The van der Waals surface area contributed by atoms with Gasteiger partial charge in [0.25, 0.3) is 0 Å². The van der Waals surface area contributed by atoms with Crippen LogP contribution >= 0.6 is 0 Å². The molecular formula is C15H25N3O3. The number of hydrogen-bond donors (Lipinski definition) is 1. The van der Waals surface area contributed by atoms with E-state index < -0.39 is 0 Å². The smallest absolute Gasteiger partial charge is 0.315 e. The Bertz CT molecular complexity index is 463. The molecule has 6 heteroatoms. The van der Waals surface area contributed by atoms with Gasteiger partial charge in [0.05, 0.1) is 17.6 Å². The van der Waals surface area contributed by atoms with Gasteiger partial charge in [-0.05, 0) is 32.4 Å². The number of nitrogens with zero attached hydrogens (tertiary/aromatic N) is 2. The molecule has 0 saturated heterocycles. The van der Waals surface area contributed by atoms with Crippen molar-refractivity contribution in [2.45, 2.75) is 33.3 Å². The number of rotatable bonds is 9. The van der Waals surface area contributed by atoms with Gasteiger partial charge in [0, 0.05) is 20.1 Å². The minimum atomic E-state index is -0.326. The van der Waals surface area contributed by atoms with Crippen molar-refractivity contribution in [3.05, 3.63) is 28.3 Å². The predicted octanol–water partition coefficient (Wildman–Crippen LogP) is 3.28. The van der Waals surface area contributed by atoms with E-state index in [-0.39, 0.29) is 16.7 Å². The number of hydrogen-bond acceptors (Lipinski definition) is 5. The number of nitro groups is 1. The molecule has 118 valence electrons. The molecule has 0 atom stereocenters. The van der Waals surface area contributed by atoms with Crippen molar-refractivity contribution in [2.24, 2.45) is 0 Å². The van der Waals surface area contributed by atoms with E-state index in [1.807, 2.05) is 38.8 Å². The molecule has 0 fully saturated rings. The molecule has 0 aliphatic carbocycles. The molecule has 1 N–H and O–H groups in total. The lowest BCUT2D eigenvalue weighted by Gasteiger charge is -2.21. The minimum absolute atomic E-state index is 0.123. The highest BCUT2D eigenvalue weighted by molar-refractivity contribution is 5.76. The first-order chi connectivity index (χ1) is 9.97. The van der Waals surface area contributed by atoms with Gasteiger partial charge in [-0.1, -0.05) is 13.0 Å². The van der Waals surface area contributed by atoms with Gasteiger partial charge in [-0.3, -0.25) is 10.1 Å².